The molecule has 0 aliphatic heterocycles. The minimum absolute atomic E-state index is 0.0145. The highest BCUT2D eigenvalue weighted by molar-refractivity contribution is 7.89. The van der Waals surface area contributed by atoms with E-state index in [0.717, 1.165) is 11.1 Å². The number of nitrogens with one attached hydrogen (secondary N) is 1. The van der Waals surface area contributed by atoms with Crippen LogP contribution in [0.3, 0.4) is 0 Å². The van der Waals surface area contributed by atoms with E-state index in [2.05, 4.69) is 9.46 Å². The molecule has 0 atom stereocenters. The van der Waals surface area contributed by atoms with Crippen LogP contribution in [-0.2, 0) is 19.6 Å². The topological polar surface area (TPSA) is 72.5 Å². The van der Waals surface area contributed by atoms with E-state index in [-0.39, 0.29) is 17.9 Å². The normalized spacial score (nSPS) is 11.3. The van der Waals surface area contributed by atoms with Gasteiger partial charge in [-0.2, -0.15) is 0 Å². The number of aryl methyl sites for hydroxylation is 2. The van der Waals surface area contributed by atoms with Crippen LogP contribution in [0.1, 0.15) is 17.5 Å². The molecule has 0 unspecified atom stereocenters. The lowest BCUT2D eigenvalue weighted by Gasteiger charge is -2.08. The lowest BCUT2D eigenvalue weighted by molar-refractivity contribution is -0.140. The third kappa shape index (κ3) is 3.82. The van der Waals surface area contributed by atoms with Crippen LogP contribution in [0.4, 0.5) is 0 Å². The van der Waals surface area contributed by atoms with Gasteiger partial charge in [-0.05, 0) is 37.1 Å². The van der Waals surface area contributed by atoms with Crippen molar-refractivity contribution in [3.05, 3.63) is 29.3 Å². The molecular weight excluding hydrogens is 254 g/mol. The van der Waals surface area contributed by atoms with Gasteiger partial charge in [-0.25, -0.2) is 13.1 Å². The SMILES string of the molecule is COC(=O)CCNS(=O)(=O)c1ccc(C)c(C)c1. The largest absolute Gasteiger partial charge is 0.469 e. The number of carbonyl (C=O) groups is 1. The van der Waals surface area contributed by atoms with Gasteiger partial charge >= 0.3 is 5.97 Å². The van der Waals surface area contributed by atoms with Crippen molar-refractivity contribution >= 4 is 16.0 Å². The summed E-state index contributed by atoms with van der Waals surface area (Å²) in [5.41, 5.74) is 1.94. The molecule has 0 bridgehead atoms. The Bertz CT molecular complexity index is 537. The van der Waals surface area contributed by atoms with E-state index >= 15 is 0 Å². The first-order chi connectivity index (χ1) is 8.36. The number of ether oxygens (including phenoxy) is 1. The Hall–Kier alpha value is -1.40. The summed E-state index contributed by atoms with van der Waals surface area (Å²) in [6, 6.07) is 4.91. The monoisotopic (exact) mass is 271 g/mol. The Balaban J connectivity index is 2.74. The fraction of sp³-hybridized carbons (Fsp3) is 0.417. The van der Waals surface area contributed by atoms with Gasteiger partial charge in [0.25, 0.3) is 0 Å². The number of methoxy groups -OCH3 is 1. The second kappa shape index (κ2) is 5.97. The van der Waals surface area contributed by atoms with Crippen molar-refractivity contribution in [2.75, 3.05) is 13.7 Å². The standard InChI is InChI=1S/C12H17NO4S/c1-9-4-5-11(8-10(9)2)18(15,16)13-7-6-12(14)17-3/h4-5,8,13H,6-7H2,1-3H3. The molecule has 1 N–H and O–H groups in total. The van der Waals surface area contributed by atoms with E-state index in [1.54, 1.807) is 18.2 Å². The lowest BCUT2D eigenvalue weighted by atomic mass is 10.1. The third-order valence-electron chi connectivity index (χ3n) is 2.64. The first kappa shape index (κ1) is 14.7. The second-order valence-electron chi connectivity index (χ2n) is 3.97. The molecule has 1 aromatic rings. The number of hydrogen-bond donors (Lipinski definition) is 1. The first-order valence-corrected chi connectivity index (χ1v) is 6.99. The van der Waals surface area contributed by atoms with Crippen molar-refractivity contribution in [3.8, 4) is 0 Å². The summed E-state index contributed by atoms with van der Waals surface area (Å²) in [5, 5.41) is 0. The maximum Gasteiger partial charge on any atom is 0.306 e. The number of sulfonamides is 1. The van der Waals surface area contributed by atoms with Gasteiger partial charge in [0.05, 0.1) is 18.4 Å². The van der Waals surface area contributed by atoms with E-state index in [1.165, 1.54) is 7.11 Å². The van der Waals surface area contributed by atoms with Crippen LogP contribution in [0.15, 0.2) is 23.1 Å². The Morgan fingerprint density at radius 3 is 2.50 bits per heavy atom. The van der Waals surface area contributed by atoms with E-state index in [1.807, 2.05) is 13.8 Å². The minimum atomic E-state index is -3.56. The molecule has 0 amide bonds. The number of benzene rings is 1. The van der Waals surface area contributed by atoms with Crippen molar-refractivity contribution in [3.63, 3.8) is 0 Å². The number of esters is 1. The van der Waals surface area contributed by atoms with Gasteiger partial charge in [0, 0.05) is 6.54 Å². The van der Waals surface area contributed by atoms with E-state index in [4.69, 9.17) is 0 Å². The smallest absolute Gasteiger partial charge is 0.306 e. The zero-order valence-electron chi connectivity index (χ0n) is 10.7. The molecule has 0 aromatic heterocycles. The van der Waals surface area contributed by atoms with Crippen LogP contribution >= 0.6 is 0 Å². The van der Waals surface area contributed by atoms with Gasteiger partial charge in [0.15, 0.2) is 0 Å². The van der Waals surface area contributed by atoms with E-state index in [0.29, 0.717) is 0 Å². The Morgan fingerprint density at radius 1 is 1.28 bits per heavy atom. The fourth-order valence-electron chi connectivity index (χ4n) is 1.35. The molecule has 18 heavy (non-hydrogen) atoms. The van der Waals surface area contributed by atoms with Crippen LogP contribution in [-0.4, -0.2) is 28.0 Å². The highest BCUT2D eigenvalue weighted by atomic mass is 32.2. The zero-order chi connectivity index (χ0) is 13.8. The van der Waals surface area contributed by atoms with Crippen molar-refractivity contribution in [2.24, 2.45) is 0 Å². The minimum Gasteiger partial charge on any atom is -0.469 e. The molecule has 0 aliphatic carbocycles. The summed E-state index contributed by atoms with van der Waals surface area (Å²) in [7, 11) is -2.30. The molecule has 0 saturated carbocycles. The summed E-state index contributed by atoms with van der Waals surface area (Å²) >= 11 is 0. The van der Waals surface area contributed by atoms with Gasteiger partial charge < -0.3 is 4.74 Å². The van der Waals surface area contributed by atoms with Crippen LogP contribution in [0.25, 0.3) is 0 Å². The first-order valence-electron chi connectivity index (χ1n) is 5.50. The number of hydrogen-bond acceptors (Lipinski definition) is 4. The highest BCUT2D eigenvalue weighted by Crippen LogP contribution is 2.14. The second-order valence-corrected chi connectivity index (χ2v) is 5.74. The fourth-order valence-corrected chi connectivity index (χ4v) is 2.47. The molecule has 0 heterocycles. The Labute approximate surface area is 107 Å². The number of rotatable bonds is 5. The van der Waals surface area contributed by atoms with Crippen LogP contribution < -0.4 is 4.72 Å². The van der Waals surface area contributed by atoms with Crippen molar-refractivity contribution in [1.82, 2.24) is 4.72 Å². The molecule has 0 aliphatic rings. The Kier molecular flexibility index (Phi) is 4.86. The van der Waals surface area contributed by atoms with Crippen molar-refractivity contribution < 1.29 is 17.9 Å². The predicted octanol–water partition coefficient (Wildman–Crippen LogP) is 1.14. The van der Waals surface area contributed by atoms with Gasteiger partial charge in [0.1, 0.15) is 0 Å². The maximum atomic E-state index is 11.9. The van der Waals surface area contributed by atoms with Crippen LogP contribution in [0.2, 0.25) is 0 Å². The summed E-state index contributed by atoms with van der Waals surface area (Å²) in [6.45, 7) is 3.79. The molecule has 0 saturated heterocycles. The van der Waals surface area contributed by atoms with Crippen molar-refractivity contribution in [2.45, 2.75) is 25.2 Å². The summed E-state index contributed by atoms with van der Waals surface area (Å²) in [4.78, 5) is 11.1. The average Bonchev–Trinajstić information content (AvgIpc) is 2.32. The maximum absolute atomic E-state index is 11.9. The summed E-state index contributed by atoms with van der Waals surface area (Å²) in [6.07, 6.45) is 0.0145. The summed E-state index contributed by atoms with van der Waals surface area (Å²) < 4.78 is 30.6. The molecule has 0 radical (unpaired) electrons. The molecule has 0 spiro atoms. The van der Waals surface area contributed by atoms with E-state index in [9.17, 15) is 13.2 Å². The molecular formula is C12H17NO4S. The Morgan fingerprint density at radius 2 is 1.94 bits per heavy atom. The quantitative estimate of drug-likeness (QED) is 0.815. The average molecular weight is 271 g/mol. The molecule has 100 valence electrons. The van der Waals surface area contributed by atoms with Gasteiger partial charge in [-0.3, -0.25) is 4.79 Å². The van der Waals surface area contributed by atoms with Gasteiger partial charge in [0.2, 0.25) is 10.0 Å². The molecule has 0 fully saturated rings. The molecule has 6 heteroatoms. The van der Waals surface area contributed by atoms with Crippen LogP contribution in [0, 0.1) is 13.8 Å². The number of carbonyl (C=O) groups excluding carboxylic acids is 1. The van der Waals surface area contributed by atoms with Crippen LogP contribution in [0.5, 0.6) is 0 Å². The molecule has 1 aromatic carbocycles. The lowest BCUT2D eigenvalue weighted by Crippen LogP contribution is -2.26. The predicted molar refractivity (Wildman–Crippen MR) is 67.7 cm³/mol. The highest BCUT2D eigenvalue weighted by Gasteiger charge is 2.14. The third-order valence-corrected chi connectivity index (χ3v) is 4.10. The summed E-state index contributed by atoms with van der Waals surface area (Å²) in [5.74, 6) is -0.446. The van der Waals surface area contributed by atoms with E-state index < -0.39 is 16.0 Å². The van der Waals surface area contributed by atoms with Gasteiger partial charge in [-0.15, -0.1) is 0 Å². The molecule has 1 rings (SSSR count). The van der Waals surface area contributed by atoms with Gasteiger partial charge in [-0.1, -0.05) is 6.07 Å². The van der Waals surface area contributed by atoms with Crippen molar-refractivity contribution in [1.29, 1.82) is 0 Å². The molecule has 5 nitrogen and oxygen atoms in total. The zero-order valence-corrected chi connectivity index (χ0v) is 11.5.